The van der Waals surface area contributed by atoms with Gasteiger partial charge in [0.1, 0.15) is 16.5 Å². The van der Waals surface area contributed by atoms with Crippen molar-refractivity contribution in [2.45, 2.75) is 53.1 Å². The Labute approximate surface area is 183 Å². The Morgan fingerprint density at radius 2 is 1.93 bits per heavy atom. The van der Waals surface area contributed by atoms with Crippen molar-refractivity contribution in [1.29, 1.82) is 0 Å². The monoisotopic (exact) mass is 469 g/mol. The minimum absolute atomic E-state index is 0.271. The van der Waals surface area contributed by atoms with Crippen LogP contribution in [0, 0.1) is 6.92 Å². The summed E-state index contributed by atoms with van der Waals surface area (Å²) in [6, 6.07) is 6.19. The molecule has 0 aliphatic carbocycles. The van der Waals surface area contributed by atoms with Gasteiger partial charge >= 0.3 is 6.09 Å². The molecule has 0 spiro atoms. The van der Waals surface area contributed by atoms with Gasteiger partial charge in [0.05, 0.1) is 5.52 Å². The van der Waals surface area contributed by atoms with Gasteiger partial charge in [-0.15, -0.1) is 0 Å². The summed E-state index contributed by atoms with van der Waals surface area (Å²) >= 11 is 3.51. The molecule has 0 saturated carbocycles. The fourth-order valence-corrected chi connectivity index (χ4v) is 4.03. The van der Waals surface area contributed by atoms with Gasteiger partial charge in [-0.2, -0.15) is 14.9 Å². The van der Waals surface area contributed by atoms with Gasteiger partial charge in [0, 0.05) is 17.1 Å². The van der Waals surface area contributed by atoms with Crippen LogP contribution in [0.3, 0.4) is 0 Å². The molecule has 0 unspecified atom stereocenters. The van der Waals surface area contributed by atoms with Crippen molar-refractivity contribution in [2.75, 3.05) is 0 Å². The lowest BCUT2D eigenvalue weighted by Gasteiger charge is -2.19. The van der Waals surface area contributed by atoms with E-state index in [0.29, 0.717) is 10.1 Å². The number of aryl methyl sites for hydroxylation is 1. The minimum atomic E-state index is -0.613. The van der Waals surface area contributed by atoms with E-state index in [1.54, 1.807) is 10.8 Å². The van der Waals surface area contributed by atoms with Crippen molar-refractivity contribution in [3.8, 4) is 11.1 Å². The first-order valence-corrected chi connectivity index (χ1v) is 10.6. The van der Waals surface area contributed by atoms with Crippen LogP contribution in [-0.4, -0.2) is 36.1 Å². The molecule has 0 atom stereocenters. The van der Waals surface area contributed by atoms with Crippen LogP contribution >= 0.6 is 15.9 Å². The molecule has 156 valence electrons. The molecular weight excluding hydrogens is 446 g/mol. The van der Waals surface area contributed by atoms with E-state index in [1.807, 2.05) is 40.0 Å². The number of hydrogen-bond donors (Lipinski definition) is 0. The highest BCUT2D eigenvalue weighted by atomic mass is 79.9. The number of halogens is 1. The summed E-state index contributed by atoms with van der Waals surface area (Å²) in [6.07, 6.45) is 3.00. The van der Waals surface area contributed by atoms with Gasteiger partial charge in [-0.3, -0.25) is 0 Å². The molecule has 0 bridgehead atoms. The maximum absolute atomic E-state index is 12.8. The zero-order valence-corrected chi connectivity index (χ0v) is 19.5. The maximum Gasteiger partial charge on any atom is 0.435 e. The van der Waals surface area contributed by atoms with E-state index in [2.05, 4.69) is 57.1 Å². The summed E-state index contributed by atoms with van der Waals surface area (Å²) in [6.45, 7) is 11.8. The Balaban J connectivity index is 1.97. The van der Waals surface area contributed by atoms with E-state index >= 15 is 0 Å². The third-order valence-corrected chi connectivity index (χ3v) is 5.45. The van der Waals surface area contributed by atoms with Crippen LogP contribution in [0.4, 0.5) is 4.79 Å². The highest BCUT2D eigenvalue weighted by molar-refractivity contribution is 9.10. The first kappa shape index (κ1) is 20.5. The van der Waals surface area contributed by atoms with Crippen LogP contribution in [0.15, 0.2) is 35.3 Å². The Morgan fingerprint density at radius 1 is 1.20 bits per heavy atom. The Bertz CT molecular complexity index is 1280. The smallest absolute Gasteiger partial charge is 0.435 e. The highest BCUT2D eigenvalue weighted by Crippen LogP contribution is 2.36. The quantitative estimate of drug-likeness (QED) is 0.375. The molecule has 3 aromatic heterocycles. The van der Waals surface area contributed by atoms with Gasteiger partial charge in [0.15, 0.2) is 5.65 Å². The van der Waals surface area contributed by atoms with E-state index in [0.717, 1.165) is 33.3 Å². The first-order chi connectivity index (χ1) is 14.0. The molecule has 8 heteroatoms. The maximum atomic E-state index is 12.8. The number of pyridine rings is 1. The second kappa shape index (κ2) is 7.19. The second-order valence-electron chi connectivity index (χ2n) is 8.73. The van der Waals surface area contributed by atoms with Crippen molar-refractivity contribution in [2.24, 2.45) is 0 Å². The Morgan fingerprint density at radius 3 is 2.60 bits per heavy atom. The third-order valence-electron chi connectivity index (χ3n) is 4.86. The van der Waals surface area contributed by atoms with E-state index in [-0.39, 0.29) is 5.92 Å². The van der Waals surface area contributed by atoms with Crippen molar-refractivity contribution in [3.05, 3.63) is 46.5 Å². The van der Waals surface area contributed by atoms with Crippen LogP contribution in [0.1, 0.15) is 51.7 Å². The number of carbonyl (C=O) groups is 1. The van der Waals surface area contributed by atoms with Crippen LogP contribution < -0.4 is 0 Å². The van der Waals surface area contributed by atoms with E-state index in [9.17, 15) is 4.79 Å². The van der Waals surface area contributed by atoms with Crippen LogP contribution in [0.25, 0.3) is 27.7 Å². The van der Waals surface area contributed by atoms with Gasteiger partial charge < -0.3 is 4.74 Å². The molecule has 0 aliphatic rings. The molecular formula is C22H24BrN5O2. The fourth-order valence-electron chi connectivity index (χ4n) is 3.55. The number of benzene rings is 1. The average Bonchev–Trinajstić information content (AvgIpc) is 3.24. The number of carbonyl (C=O) groups excluding carboxylic acids is 1. The number of aromatic nitrogens is 5. The summed E-state index contributed by atoms with van der Waals surface area (Å²) in [5.74, 6) is 0.271. The first-order valence-electron chi connectivity index (χ1n) is 9.81. The molecule has 0 radical (unpaired) electrons. The largest absolute Gasteiger partial charge is 0.442 e. The minimum Gasteiger partial charge on any atom is -0.442 e. The molecule has 0 amide bonds. The summed E-state index contributed by atoms with van der Waals surface area (Å²) < 4.78 is 9.26. The lowest BCUT2D eigenvalue weighted by Crippen LogP contribution is -2.27. The van der Waals surface area contributed by atoms with E-state index < -0.39 is 11.7 Å². The fraction of sp³-hybridized carbons (Fsp3) is 0.364. The topological polar surface area (TPSA) is 74.3 Å². The van der Waals surface area contributed by atoms with E-state index in [1.165, 1.54) is 4.68 Å². The number of fused-ring (bicyclic) bond motifs is 2. The zero-order chi connectivity index (χ0) is 21.8. The molecule has 4 rings (SSSR count). The van der Waals surface area contributed by atoms with Crippen molar-refractivity contribution in [3.63, 3.8) is 0 Å². The molecule has 0 saturated heterocycles. The molecule has 0 fully saturated rings. The Kier molecular flexibility index (Phi) is 4.92. The van der Waals surface area contributed by atoms with Gasteiger partial charge in [0.2, 0.25) is 0 Å². The second-order valence-corrected chi connectivity index (χ2v) is 9.49. The zero-order valence-electron chi connectivity index (χ0n) is 17.9. The molecule has 0 N–H and O–H groups in total. The highest BCUT2D eigenvalue weighted by Gasteiger charge is 2.23. The van der Waals surface area contributed by atoms with Gasteiger partial charge in [0.25, 0.3) is 0 Å². The summed E-state index contributed by atoms with van der Waals surface area (Å²) in [5.41, 5.74) is 5.11. The van der Waals surface area contributed by atoms with E-state index in [4.69, 9.17) is 4.74 Å². The molecule has 3 heterocycles. The van der Waals surface area contributed by atoms with Crippen LogP contribution in [0.2, 0.25) is 0 Å². The summed E-state index contributed by atoms with van der Waals surface area (Å²) in [5, 5.41) is 9.57. The van der Waals surface area contributed by atoms with Crippen molar-refractivity contribution < 1.29 is 9.53 Å². The molecule has 7 nitrogen and oxygen atoms in total. The number of hydrogen-bond acceptors (Lipinski definition) is 5. The van der Waals surface area contributed by atoms with Gasteiger partial charge in [-0.25, -0.2) is 14.3 Å². The normalized spacial score (nSPS) is 12.3. The SMILES string of the molecule is Cc1cc(-c2cc3c(cc2C(C)C)c(Br)nn3C(=O)OC(C)(C)C)cn2ncnc12. The predicted octanol–water partition coefficient (Wildman–Crippen LogP) is 5.72. The number of ether oxygens (including phenoxy) is 1. The van der Waals surface area contributed by atoms with Crippen molar-refractivity contribution in [1.82, 2.24) is 24.4 Å². The molecule has 30 heavy (non-hydrogen) atoms. The Hall–Kier alpha value is -2.74. The molecule has 4 aromatic rings. The summed E-state index contributed by atoms with van der Waals surface area (Å²) in [7, 11) is 0. The summed E-state index contributed by atoms with van der Waals surface area (Å²) in [4.78, 5) is 17.1. The average molecular weight is 470 g/mol. The third kappa shape index (κ3) is 3.60. The van der Waals surface area contributed by atoms with Crippen molar-refractivity contribution >= 4 is 38.6 Å². The van der Waals surface area contributed by atoms with Gasteiger partial charge in [-0.05, 0) is 84.4 Å². The number of nitrogens with zero attached hydrogens (tertiary/aromatic N) is 5. The lowest BCUT2D eigenvalue weighted by atomic mass is 9.91. The van der Waals surface area contributed by atoms with Crippen LogP contribution in [0.5, 0.6) is 0 Å². The van der Waals surface area contributed by atoms with Crippen LogP contribution in [-0.2, 0) is 4.74 Å². The molecule has 1 aromatic carbocycles. The van der Waals surface area contributed by atoms with Gasteiger partial charge in [-0.1, -0.05) is 13.8 Å². The lowest BCUT2D eigenvalue weighted by molar-refractivity contribution is 0.0522. The number of rotatable bonds is 2. The molecule has 0 aliphatic heterocycles. The standard InChI is InChI=1S/C22H24BrN5O2/c1-12(2)15-8-17-18(28(26-19(17)23)21(29)30-22(4,5)6)9-16(15)14-7-13(3)20-24-11-25-27(20)10-14/h7-12H,1-6H3. The predicted molar refractivity (Wildman–Crippen MR) is 120 cm³/mol.